The fourth-order valence-corrected chi connectivity index (χ4v) is 2.21. The first-order valence-electron chi connectivity index (χ1n) is 5.73. The molecule has 2 rings (SSSR count). The Balaban J connectivity index is 1.83. The molecule has 0 radical (unpaired) electrons. The average molecular weight is 307 g/mol. The molecule has 102 valence electrons. The van der Waals surface area contributed by atoms with Crippen molar-refractivity contribution in [2.45, 2.75) is 5.16 Å². The maximum absolute atomic E-state index is 8.73. The second kappa shape index (κ2) is 6.98. The molecule has 0 spiro atoms. The average Bonchev–Trinajstić information content (AvgIpc) is 2.45. The van der Waals surface area contributed by atoms with Gasteiger partial charge in [0.2, 0.25) is 0 Å². The normalized spacial score (nSPS) is 10.0. The highest BCUT2D eigenvalue weighted by molar-refractivity contribution is 7.99. The minimum absolute atomic E-state index is 0.192. The molecule has 2 N–H and O–H groups in total. The topological polar surface area (TPSA) is 84.8 Å². The molecule has 0 aliphatic rings. The molecule has 0 amide bonds. The van der Waals surface area contributed by atoms with Crippen LogP contribution in [0, 0.1) is 11.3 Å². The number of ether oxygens (including phenoxy) is 1. The molecule has 0 bridgehead atoms. The molecule has 0 saturated heterocycles. The summed E-state index contributed by atoms with van der Waals surface area (Å²) >= 11 is 7.37. The Labute approximate surface area is 125 Å². The van der Waals surface area contributed by atoms with Gasteiger partial charge < -0.3 is 10.5 Å². The fraction of sp³-hybridized carbons (Fsp3) is 0.154. The number of nitriles is 1. The quantitative estimate of drug-likeness (QED) is 0.519. The molecule has 0 aliphatic heterocycles. The summed E-state index contributed by atoms with van der Waals surface area (Å²) in [6.07, 6.45) is 1.42. The standard InChI is InChI=1S/C13H11ClN4OS/c14-10-3-1-2-4-11(10)19-5-6-20-13-17-8-9(7-15)12(16)18-13/h1-4,8H,5-6H2,(H2,16,17,18). The van der Waals surface area contributed by atoms with Crippen molar-refractivity contribution in [2.24, 2.45) is 0 Å². The number of nitrogens with two attached hydrogens (primary N) is 1. The first-order chi connectivity index (χ1) is 9.70. The Bertz CT molecular complexity index is 645. The Kier molecular flexibility index (Phi) is 5.04. The summed E-state index contributed by atoms with van der Waals surface area (Å²) in [4.78, 5) is 8.07. The monoisotopic (exact) mass is 306 g/mol. The lowest BCUT2D eigenvalue weighted by Crippen LogP contribution is -2.03. The van der Waals surface area contributed by atoms with Gasteiger partial charge in [0.25, 0.3) is 0 Å². The maximum Gasteiger partial charge on any atom is 0.189 e. The van der Waals surface area contributed by atoms with Crippen LogP contribution in [0.4, 0.5) is 5.82 Å². The predicted molar refractivity (Wildman–Crippen MR) is 78.8 cm³/mol. The van der Waals surface area contributed by atoms with Crippen LogP contribution in [0.2, 0.25) is 5.02 Å². The van der Waals surface area contributed by atoms with Crippen molar-refractivity contribution in [1.82, 2.24) is 9.97 Å². The number of benzene rings is 1. The van der Waals surface area contributed by atoms with Gasteiger partial charge in [0.05, 0.1) is 17.8 Å². The number of nitrogens with zero attached hydrogens (tertiary/aromatic N) is 3. The van der Waals surface area contributed by atoms with E-state index in [4.69, 9.17) is 27.3 Å². The summed E-state index contributed by atoms with van der Waals surface area (Å²) in [5.74, 6) is 1.49. The molecule has 0 unspecified atom stereocenters. The lowest BCUT2D eigenvalue weighted by atomic mass is 10.3. The van der Waals surface area contributed by atoms with Crippen molar-refractivity contribution < 1.29 is 4.74 Å². The van der Waals surface area contributed by atoms with Crippen LogP contribution in [0.3, 0.4) is 0 Å². The first kappa shape index (κ1) is 14.4. The number of nitrogen functional groups attached to an aromatic ring is 1. The molecule has 0 fully saturated rings. The van der Waals surface area contributed by atoms with Gasteiger partial charge in [0.1, 0.15) is 23.2 Å². The van der Waals surface area contributed by atoms with E-state index >= 15 is 0 Å². The lowest BCUT2D eigenvalue weighted by molar-refractivity contribution is 0.344. The zero-order valence-corrected chi connectivity index (χ0v) is 12.0. The van der Waals surface area contributed by atoms with Crippen LogP contribution in [0.25, 0.3) is 0 Å². The lowest BCUT2D eigenvalue weighted by Gasteiger charge is -2.07. The van der Waals surface area contributed by atoms with Gasteiger partial charge in [-0.05, 0) is 12.1 Å². The number of hydrogen-bond donors (Lipinski definition) is 1. The van der Waals surface area contributed by atoms with E-state index in [1.807, 2.05) is 24.3 Å². The van der Waals surface area contributed by atoms with Gasteiger partial charge in [-0.1, -0.05) is 35.5 Å². The van der Waals surface area contributed by atoms with Gasteiger partial charge in [-0.2, -0.15) is 5.26 Å². The first-order valence-corrected chi connectivity index (χ1v) is 7.10. The van der Waals surface area contributed by atoms with E-state index in [0.717, 1.165) is 0 Å². The van der Waals surface area contributed by atoms with E-state index in [9.17, 15) is 0 Å². The second-order valence-electron chi connectivity index (χ2n) is 3.69. The van der Waals surface area contributed by atoms with Gasteiger partial charge in [-0.25, -0.2) is 9.97 Å². The summed E-state index contributed by atoms with van der Waals surface area (Å²) in [5, 5.41) is 9.82. The van der Waals surface area contributed by atoms with Crippen LogP contribution in [0.1, 0.15) is 5.56 Å². The van der Waals surface area contributed by atoms with Gasteiger partial charge in [0, 0.05) is 5.75 Å². The minimum atomic E-state index is 0.192. The molecule has 7 heteroatoms. The summed E-state index contributed by atoms with van der Waals surface area (Å²) in [7, 11) is 0. The highest BCUT2D eigenvalue weighted by Gasteiger charge is 2.04. The molecule has 0 atom stereocenters. The van der Waals surface area contributed by atoms with E-state index in [-0.39, 0.29) is 11.4 Å². The molecule has 2 aromatic rings. The Hall–Kier alpha value is -1.97. The number of hydrogen-bond acceptors (Lipinski definition) is 6. The van der Waals surface area contributed by atoms with Crippen LogP contribution in [0.5, 0.6) is 5.75 Å². The summed E-state index contributed by atoms with van der Waals surface area (Å²) in [6, 6.07) is 9.20. The molecule has 0 saturated carbocycles. The van der Waals surface area contributed by atoms with Crippen molar-refractivity contribution in [3.63, 3.8) is 0 Å². The molecule has 0 aliphatic carbocycles. The Morgan fingerprint density at radius 2 is 2.20 bits per heavy atom. The van der Waals surface area contributed by atoms with E-state index in [0.29, 0.717) is 28.3 Å². The zero-order valence-electron chi connectivity index (χ0n) is 10.4. The van der Waals surface area contributed by atoms with E-state index in [2.05, 4.69) is 9.97 Å². The molecule has 1 heterocycles. The number of rotatable bonds is 5. The number of aromatic nitrogens is 2. The van der Waals surface area contributed by atoms with Gasteiger partial charge >= 0.3 is 0 Å². The summed E-state index contributed by atoms with van der Waals surface area (Å²) in [5.41, 5.74) is 5.89. The van der Waals surface area contributed by atoms with Gasteiger partial charge in [0.15, 0.2) is 5.16 Å². The third kappa shape index (κ3) is 3.76. The number of anilines is 1. The maximum atomic E-state index is 8.73. The predicted octanol–water partition coefficient (Wildman–Crippen LogP) is 2.75. The van der Waals surface area contributed by atoms with Crippen LogP contribution < -0.4 is 10.5 Å². The Morgan fingerprint density at radius 1 is 1.40 bits per heavy atom. The Morgan fingerprint density at radius 3 is 2.90 bits per heavy atom. The van der Waals surface area contributed by atoms with Crippen molar-refractivity contribution in [2.75, 3.05) is 18.1 Å². The van der Waals surface area contributed by atoms with E-state index in [1.54, 1.807) is 6.07 Å². The molecule has 1 aromatic carbocycles. The molecule has 1 aromatic heterocycles. The highest BCUT2D eigenvalue weighted by atomic mass is 35.5. The van der Waals surface area contributed by atoms with E-state index in [1.165, 1.54) is 18.0 Å². The third-order valence-corrected chi connectivity index (χ3v) is 3.46. The largest absolute Gasteiger partial charge is 0.491 e. The zero-order chi connectivity index (χ0) is 14.4. The molecule has 20 heavy (non-hydrogen) atoms. The fourth-order valence-electron chi connectivity index (χ4n) is 1.38. The van der Waals surface area contributed by atoms with Crippen LogP contribution >= 0.6 is 23.4 Å². The minimum Gasteiger partial charge on any atom is -0.491 e. The SMILES string of the molecule is N#Cc1cnc(SCCOc2ccccc2Cl)nc1N. The van der Waals surface area contributed by atoms with Gasteiger partial charge in [-0.15, -0.1) is 0 Å². The number of thioether (sulfide) groups is 1. The summed E-state index contributed by atoms with van der Waals surface area (Å²) < 4.78 is 5.54. The molecular formula is C13H11ClN4OS. The molecule has 5 nitrogen and oxygen atoms in total. The van der Waals surface area contributed by atoms with E-state index < -0.39 is 0 Å². The third-order valence-electron chi connectivity index (χ3n) is 2.33. The van der Waals surface area contributed by atoms with Gasteiger partial charge in [-0.3, -0.25) is 0 Å². The molecular weight excluding hydrogens is 296 g/mol. The number of halogens is 1. The number of para-hydroxylation sites is 1. The van der Waals surface area contributed by atoms with Crippen molar-refractivity contribution >= 4 is 29.2 Å². The van der Waals surface area contributed by atoms with Crippen LogP contribution in [0.15, 0.2) is 35.6 Å². The smallest absolute Gasteiger partial charge is 0.189 e. The van der Waals surface area contributed by atoms with Crippen LogP contribution in [-0.2, 0) is 0 Å². The highest BCUT2D eigenvalue weighted by Crippen LogP contribution is 2.23. The van der Waals surface area contributed by atoms with Crippen molar-refractivity contribution in [1.29, 1.82) is 5.26 Å². The summed E-state index contributed by atoms with van der Waals surface area (Å²) in [6.45, 7) is 0.470. The second-order valence-corrected chi connectivity index (χ2v) is 5.16. The van der Waals surface area contributed by atoms with Crippen LogP contribution in [-0.4, -0.2) is 22.3 Å². The van der Waals surface area contributed by atoms with Crippen molar-refractivity contribution in [3.8, 4) is 11.8 Å². The van der Waals surface area contributed by atoms with Crippen molar-refractivity contribution in [3.05, 3.63) is 41.0 Å².